The molecule has 0 spiro atoms. The Bertz CT molecular complexity index is 497. The highest BCUT2D eigenvalue weighted by molar-refractivity contribution is 5.55. The second-order valence-corrected chi connectivity index (χ2v) is 7.08. The van der Waals surface area contributed by atoms with Gasteiger partial charge in [-0.15, -0.1) is 0 Å². The molecule has 3 fully saturated rings. The first-order chi connectivity index (χ1) is 10.3. The smallest absolute Gasteiger partial charge is 0.0415 e. The standard InChI is InChI=1S/C18H27N3/c1-14-12-20-10-4-6-17(20)13-21(14)18-7-3-2-5-15(18)11-19-16-8-9-16/h2-3,5,7,14,16-17,19H,4,6,8-13H2,1H3. The average molecular weight is 285 g/mol. The Morgan fingerprint density at radius 2 is 2.00 bits per heavy atom. The van der Waals surface area contributed by atoms with E-state index in [0.29, 0.717) is 6.04 Å². The van der Waals surface area contributed by atoms with E-state index >= 15 is 0 Å². The summed E-state index contributed by atoms with van der Waals surface area (Å²) in [6.07, 6.45) is 5.49. The zero-order valence-corrected chi connectivity index (χ0v) is 13.1. The number of fused-ring (bicyclic) bond motifs is 1. The number of nitrogens with zero attached hydrogens (tertiary/aromatic N) is 2. The van der Waals surface area contributed by atoms with Crippen LogP contribution in [-0.2, 0) is 6.54 Å². The van der Waals surface area contributed by atoms with Crippen molar-refractivity contribution in [2.75, 3.05) is 24.5 Å². The molecular formula is C18H27N3. The fourth-order valence-corrected chi connectivity index (χ4v) is 4.01. The van der Waals surface area contributed by atoms with Crippen LogP contribution in [0.5, 0.6) is 0 Å². The molecular weight excluding hydrogens is 258 g/mol. The Morgan fingerprint density at radius 1 is 1.14 bits per heavy atom. The molecule has 0 aromatic heterocycles. The highest BCUT2D eigenvalue weighted by atomic mass is 15.3. The first-order valence-electron chi connectivity index (χ1n) is 8.63. The third kappa shape index (κ3) is 2.82. The SMILES string of the molecule is CC1CN2CCCC2CN1c1ccccc1CNC1CC1. The minimum Gasteiger partial charge on any atom is -0.366 e. The van der Waals surface area contributed by atoms with Crippen LogP contribution in [0.3, 0.4) is 0 Å². The van der Waals surface area contributed by atoms with E-state index in [-0.39, 0.29) is 0 Å². The quantitative estimate of drug-likeness (QED) is 0.917. The summed E-state index contributed by atoms with van der Waals surface area (Å²) >= 11 is 0. The van der Waals surface area contributed by atoms with Crippen molar-refractivity contribution in [2.24, 2.45) is 0 Å². The van der Waals surface area contributed by atoms with E-state index in [2.05, 4.69) is 46.3 Å². The Morgan fingerprint density at radius 3 is 2.86 bits per heavy atom. The van der Waals surface area contributed by atoms with Gasteiger partial charge in [0.05, 0.1) is 0 Å². The van der Waals surface area contributed by atoms with Crippen LogP contribution in [0, 0.1) is 0 Å². The molecule has 1 saturated carbocycles. The van der Waals surface area contributed by atoms with Crippen molar-refractivity contribution in [3.8, 4) is 0 Å². The molecule has 0 amide bonds. The minimum absolute atomic E-state index is 0.626. The summed E-state index contributed by atoms with van der Waals surface area (Å²) in [6.45, 7) is 7.17. The topological polar surface area (TPSA) is 18.5 Å². The third-order valence-corrected chi connectivity index (χ3v) is 5.40. The van der Waals surface area contributed by atoms with Crippen LogP contribution in [0.25, 0.3) is 0 Å². The number of benzene rings is 1. The van der Waals surface area contributed by atoms with Crippen molar-refractivity contribution in [3.05, 3.63) is 29.8 Å². The Kier molecular flexibility index (Phi) is 3.64. The Balaban J connectivity index is 1.53. The lowest BCUT2D eigenvalue weighted by atomic mass is 10.0. The molecule has 1 aromatic rings. The van der Waals surface area contributed by atoms with Gasteiger partial charge >= 0.3 is 0 Å². The summed E-state index contributed by atoms with van der Waals surface area (Å²) in [6, 6.07) is 11.2. The lowest BCUT2D eigenvalue weighted by Gasteiger charge is -2.44. The zero-order chi connectivity index (χ0) is 14.2. The Hall–Kier alpha value is -1.06. The van der Waals surface area contributed by atoms with Crippen LogP contribution in [0.4, 0.5) is 5.69 Å². The fourth-order valence-electron chi connectivity index (χ4n) is 4.01. The summed E-state index contributed by atoms with van der Waals surface area (Å²) < 4.78 is 0. The molecule has 0 bridgehead atoms. The molecule has 1 aliphatic carbocycles. The first kappa shape index (κ1) is 13.6. The summed E-state index contributed by atoms with van der Waals surface area (Å²) in [7, 11) is 0. The van der Waals surface area contributed by atoms with Crippen molar-refractivity contribution in [1.29, 1.82) is 0 Å². The van der Waals surface area contributed by atoms with Gasteiger partial charge in [0.25, 0.3) is 0 Å². The molecule has 2 heterocycles. The van der Waals surface area contributed by atoms with E-state index in [9.17, 15) is 0 Å². The lowest BCUT2D eigenvalue weighted by Crippen LogP contribution is -2.55. The summed E-state index contributed by atoms with van der Waals surface area (Å²) in [5, 5.41) is 3.68. The van der Waals surface area contributed by atoms with Crippen molar-refractivity contribution in [3.63, 3.8) is 0 Å². The molecule has 0 radical (unpaired) electrons. The fraction of sp³-hybridized carbons (Fsp3) is 0.667. The maximum atomic E-state index is 3.68. The predicted octanol–water partition coefficient (Wildman–Crippen LogP) is 2.61. The van der Waals surface area contributed by atoms with Crippen LogP contribution < -0.4 is 10.2 Å². The molecule has 4 rings (SSSR count). The van der Waals surface area contributed by atoms with Gasteiger partial charge in [0.15, 0.2) is 0 Å². The largest absolute Gasteiger partial charge is 0.366 e. The van der Waals surface area contributed by atoms with Crippen molar-refractivity contribution in [2.45, 2.75) is 57.3 Å². The maximum absolute atomic E-state index is 3.68. The monoisotopic (exact) mass is 285 g/mol. The minimum atomic E-state index is 0.626. The van der Waals surface area contributed by atoms with Crippen LogP contribution in [-0.4, -0.2) is 42.7 Å². The number of hydrogen-bond acceptors (Lipinski definition) is 3. The molecule has 1 aromatic carbocycles. The second kappa shape index (κ2) is 5.62. The average Bonchev–Trinajstić information content (AvgIpc) is 3.22. The van der Waals surface area contributed by atoms with Gasteiger partial charge in [0.2, 0.25) is 0 Å². The highest BCUT2D eigenvalue weighted by Gasteiger charge is 2.35. The van der Waals surface area contributed by atoms with Crippen LogP contribution in [0.2, 0.25) is 0 Å². The van der Waals surface area contributed by atoms with Gasteiger partial charge in [0.1, 0.15) is 0 Å². The lowest BCUT2D eigenvalue weighted by molar-refractivity contribution is 0.203. The molecule has 2 atom stereocenters. The summed E-state index contributed by atoms with van der Waals surface area (Å²) in [4.78, 5) is 5.36. The van der Waals surface area contributed by atoms with Crippen molar-refractivity contribution < 1.29 is 0 Å². The highest BCUT2D eigenvalue weighted by Crippen LogP contribution is 2.31. The van der Waals surface area contributed by atoms with Gasteiger partial charge < -0.3 is 10.2 Å². The molecule has 21 heavy (non-hydrogen) atoms. The van der Waals surface area contributed by atoms with E-state index in [1.807, 2.05) is 0 Å². The van der Waals surface area contributed by atoms with Crippen LogP contribution >= 0.6 is 0 Å². The number of piperazine rings is 1. The van der Waals surface area contributed by atoms with Gasteiger partial charge in [-0.2, -0.15) is 0 Å². The van der Waals surface area contributed by atoms with Crippen LogP contribution in [0.1, 0.15) is 38.2 Å². The van der Waals surface area contributed by atoms with E-state index in [1.165, 1.54) is 56.6 Å². The normalized spacial score (nSPS) is 29.7. The van der Waals surface area contributed by atoms with Gasteiger partial charge in [0, 0.05) is 43.4 Å². The van der Waals surface area contributed by atoms with Gasteiger partial charge in [-0.25, -0.2) is 0 Å². The van der Waals surface area contributed by atoms with Gasteiger partial charge in [-0.05, 0) is 50.8 Å². The number of anilines is 1. The van der Waals surface area contributed by atoms with E-state index in [4.69, 9.17) is 0 Å². The predicted molar refractivity (Wildman–Crippen MR) is 87.7 cm³/mol. The number of para-hydroxylation sites is 1. The third-order valence-electron chi connectivity index (χ3n) is 5.40. The van der Waals surface area contributed by atoms with Crippen molar-refractivity contribution in [1.82, 2.24) is 10.2 Å². The second-order valence-electron chi connectivity index (χ2n) is 7.08. The number of nitrogens with one attached hydrogen (secondary N) is 1. The Labute approximate surface area is 128 Å². The van der Waals surface area contributed by atoms with Gasteiger partial charge in [-0.3, -0.25) is 4.90 Å². The summed E-state index contributed by atoms with van der Waals surface area (Å²) in [5.74, 6) is 0. The number of rotatable bonds is 4. The molecule has 114 valence electrons. The molecule has 2 aliphatic heterocycles. The van der Waals surface area contributed by atoms with Crippen LogP contribution in [0.15, 0.2) is 24.3 Å². The van der Waals surface area contributed by atoms with E-state index in [0.717, 1.165) is 18.6 Å². The zero-order valence-electron chi connectivity index (χ0n) is 13.1. The molecule has 2 saturated heterocycles. The van der Waals surface area contributed by atoms with Gasteiger partial charge in [-0.1, -0.05) is 18.2 Å². The molecule has 2 unspecified atom stereocenters. The van der Waals surface area contributed by atoms with E-state index in [1.54, 1.807) is 0 Å². The molecule has 3 nitrogen and oxygen atoms in total. The molecule has 3 heteroatoms. The van der Waals surface area contributed by atoms with E-state index < -0.39 is 0 Å². The molecule has 1 N–H and O–H groups in total. The van der Waals surface area contributed by atoms with Crippen molar-refractivity contribution >= 4 is 5.69 Å². The molecule has 3 aliphatic rings. The maximum Gasteiger partial charge on any atom is 0.0415 e. The first-order valence-corrected chi connectivity index (χ1v) is 8.63. The number of hydrogen-bond donors (Lipinski definition) is 1. The summed E-state index contributed by atoms with van der Waals surface area (Å²) in [5.41, 5.74) is 2.94.